The average molecular weight is 521 g/mol. The number of ether oxygens (including phenoxy) is 3. The molecule has 5 rings (SSSR count). The summed E-state index contributed by atoms with van der Waals surface area (Å²) in [5.74, 6) is 1.22. The summed E-state index contributed by atoms with van der Waals surface area (Å²) in [7, 11) is 0. The van der Waals surface area contributed by atoms with E-state index in [1.165, 1.54) is 5.56 Å². The van der Waals surface area contributed by atoms with Gasteiger partial charge >= 0.3 is 6.09 Å². The summed E-state index contributed by atoms with van der Waals surface area (Å²) in [5, 5.41) is 2.83. The number of aryl methyl sites for hydroxylation is 1. The van der Waals surface area contributed by atoms with E-state index in [0.717, 1.165) is 29.7 Å². The highest BCUT2D eigenvalue weighted by Crippen LogP contribution is 2.53. The molecule has 0 bridgehead atoms. The lowest BCUT2D eigenvalue weighted by molar-refractivity contribution is -0.189. The van der Waals surface area contributed by atoms with Crippen LogP contribution < -0.4 is 10.1 Å². The Morgan fingerprint density at radius 3 is 2.66 bits per heavy atom. The molecule has 0 saturated carbocycles. The van der Waals surface area contributed by atoms with E-state index in [2.05, 4.69) is 44.3 Å². The van der Waals surface area contributed by atoms with Gasteiger partial charge in [0.1, 0.15) is 24.0 Å². The number of nitrogens with zero attached hydrogens (tertiary/aromatic N) is 1. The maximum atomic E-state index is 13.6. The minimum atomic E-state index is -0.642. The Hall–Kier alpha value is -3.06. The van der Waals surface area contributed by atoms with Crippen molar-refractivity contribution in [2.75, 3.05) is 13.1 Å². The lowest BCUT2D eigenvalue weighted by atomic mass is 9.70. The standard InChI is InChI=1S/C31H40N2O5/c1-19(2)27(32-30(35)36-18-21-9-7-6-8-10-21)29(34)33-14-13-25-22(17-33)16-24-28(37-25)23-12-11-20(3)15-26(23)38-31(24,4)5/h6-12,15,19,22,24-25,27-28H,13-14,16-18H2,1-5H3,(H,32,35)/t22-,24+,25+,27-,28-/m0/s1. The molecule has 2 saturated heterocycles. The van der Waals surface area contributed by atoms with Crippen LogP contribution in [0.3, 0.4) is 0 Å². The molecule has 2 amide bonds. The van der Waals surface area contributed by atoms with Gasteiger partial charge in [-0.1, -0.05) is 56.3 Å². The Bertz CT molecular complexity index is 1160. The third-order valence-corrected chi connectivity index (χ3v) is 8.38. The van der Waals surface area contributed by atoms with Gasteiger partial charge < -0.3 is 24.4 Å². The van der Waals surface area contributed by atoms with Crippen LogP contribution in [-0.4, -0.2) is 47.7 Å². The van der Waals surface area contributed by atoms with E-state index in [-0.39, 0.29) is 48.1 Å². The van der Waals surface area contributed by atoms with Gasteiger partial charge in [-0.2, -0.15) is 0 Å². The number of amides is 2. The fourth-order valence-electron chi connectivity index (χ4n) is 6.21. The normalized spacial score (nSPS) is 26.3. The van der Waals surface area contributed by atoms with Crippen molar-refractivity contribution in [1.82, 2.24) is 10.2 Å². The first kappa shape index (κ1) is 26.5. The third-order valence-electron chi connectivity index (χ3n) is 8.38. The Kier molecular flexibility index (Phi) is 7.40. The Labute approximate surface area is 225 Å². The van der Waals surface area contributed by atoms with E-state index in [9.17, 15) is 9.59 Å². The van der Waals surface area contributed by atoms with Crippen LogP contribution >= 0.6 is 0 Å². The molecule has 2 fully saturated rings. The largest absolute Gasteiger partial charge is 0.487 e. The van der Waals surface area contributed by atoms with Crippen molar-refractivity contribution in [3.63, 3.8) is 0 Å². The van der Waals surface area contributed by atoms with Crippen LogP contribution in [0.4, 0.5) is 4.79 Å². The van der Waals surface area contributed by atoms with E-state index >= 15 is 0 Å². The topological polar surface area (TPSA) is 77.1 Å². The van der Waals surface area contributed by atoms with Gasteiger partial charge in [0.2, 0.25) is 5.91 Å². The second kappa shape index (κ2) is 10.6. The molecule has 2 aromatic carbocycles. The predicted octanol–water partition coefficient (Wildman–Crippen LogP) is 5.41. The minimum absolute atomic E-state index is 0.00214. The smallest absolute Gasteiger partial charge is 0.408 e. The van der Waals surface area contributed by atoms with Crippen molar-refractivity contribution in [2.45, 2.75) is 77.9 Å². The molecule has 0 radical (unpaired) electrons. The summed E-state index contributed by atoms with van der Waals surface area (Å²) < 4.78 is 18.6. The summed E-state index contributed by atoms with van der Waals surface area (Å²) in [6.07, 6.45) is 1.24. The maximum Gasteiger partial charge on any atom is 0.408 e. The van der Waals surface area contributed by atoms with E-state index < -0.39 is 12.1 Å². The number of likely N-dealkylation sites (tertiary alicyclic amines) is 1. The molecular formula is C31H40N2O5. The molecule has 0 unspecified atom stereocenters. The fraction of sp³-hybridized carbons (Fsp3) is 0.548. The van der Waals surface area contributed by atoms with Gasteiger partial charge in [-0.05, 0) is 56.7 Å². The highest BCUT2D eigenvalue weighted by molar-refractivity contribution is 5.86. The van der Waals surface area contributed by atoms with Gasteiger partial charge in [0.15, 0.2) is 0 Å². The molecule has 2 aromatic rings. The van der Waals surface area contributed by atoms with Crippen LogP contribution in [0, 0.1) is 24.7 Å². The quantitative estimate of drug-likeness (QED) is 0.570. The molecule has 204 valence electrons. The Balaban J connectivity index is 1.24. The van der Waals surface area contributed by atoms with Gasteiger partial charge in [0.25, 0.3) is 0 Å². The second-order valence-corrected chi connectivity index (χ2v) is 11.9. The molecule has 3 aliphatic rings. The average Bonchev–Trinajstić information content (AvgIpc) is 2.89. The highest BCUT2D eigenvalue weighted by Gasteiger charge is 2.51. The van der Waals surface area contributed by atoms with Crippen molar-refractivity contribution in [1.29, 1.82) is 0 Å². The first-order valence-corrected chi connectivity index (χ1v) is 13.8. The molecule has 38 heavy (non-hydrogen) atoms. The first-order valence-electron chi connectivity index (χ1n) is 13.8. The lowest BCUT2D eigenvalue weighted by Gasteiger charge is -2.53. The SMILES string of the molecule is Cc1ccc2c(c1)OC(C)(C)[C@@H]1C[C@H]3CN(C(=O)[C@@H](NC(=O)OCc4ccccc4)C(C)C)CC[C@H]3O[C@@H]21. The summed E-state index contributed by atoms with van der Waals surface area (Å²) >= 11 is 0. The Morgan fingerprint density at radius 2 is 1.92 bits per heavy atom. The van der Waals surface area contributed by atoms with E-state index in [4.69, 9.17) is 14.2 Å². The summed E-state index contributed by atoms with van der Waals surface area (Å²) in [6, 6.07) is 15.3. The molecule has 1 N–H and O–H groups in total. The number of piperidine rings is 1. The van der Waals surface area contributed by atoms with E-state index in [1.807, 2.05) is 49.1 Å². The highest BCUT2D eigenvalue weighted by atomic mass is 16.5. The molecule has 3 heterocycles. The summed E-state index contributed by atoms with van der Waals surface area (Å²) in [5.41, 5.74) is 2.85. The molecule has 5 atom stereocenters. The number of hydrogen-bond acceptors (Lipinski definition) is 5. The lowest BCUT2D eigenvalue weighted by Crippen LogP contribution is -2.58. The molecule has 7 nitrogen and oxygen atoms in total. The number of carbonyl (C=O) groups excluding carboxylic acids is 2. The third kappa shape index (κ3) is 5.39. The van der Waals surface area contributed by atoms with Crippen molar-refractivity contribution in [3.8, 4) is 5.75 Å². The Morgan fingerprint density at radius 1 is 1.16 bits per heavy atom. The molecular weight excluding hydrogens is 480 g/mol. The zero-order valence-corrected chi connectivity index (χ0v) is 23.1. The second-order valence-electron chi connectivity index (χ2n) is 11.9. The monoisotopic (exact) mass is 520 g/mol. The molecule has 0 aliphatic carbocycles. The van der Waals surface area contributed by atoms with Crippen LogP contribution in [0.25, 0.3) is 0 Å². The van der Waals surface area contributed by atoms with Crippen molar-refractivity contribution in [2.24, 2.45) is 17.8 Å². The van der Waals surface area contributed by atoms with Crippen molar-refractivity contribution >= 4 is 12.0 Å². The predicted molar refractivity (Wildman–Crippen MR) is 145 cm³/mol. The zero-order chi connectivity index (χ0) is 27.0. The fourth-order valence-corrected chi connectivity index (χ4v) is 6.21. The van der Waals surface area contributed by atoms with Gasteiger partial charge in [0, 0.05) is 30.5 Å². The molecule has 0 spiro atoms. The van der Waals surface area contributed by atoms with Crippen LogP contribution in [0.1, 0.15) is 63.3 Å². The number of fused-ring (bicyclic) bond motifs is 4. The first-order chi connectivity index (χ1) is 18.1. The van der Waals surface area contributed by atoms with E-state index in [1.54, 1.807) is 0 Å². The van der Waals surface area contributed by atoms with Crippen LogP contribution in [0.5, 0.6) is 5.75 Å². The molecule has 7 heteroatoms. The van der Waals surface area contributed by atoms with Gasteiger partial charge in [0.05, 0.1) is 12.2 Å². The number of alkyl carbamates (subject to hydrolysis) is 1. The van der Waals surface area contributed by atoms with Crippen molar-refractivity contribution < 1.29 is 23.8 Å². The van der Waals surface area contributed by atoms with Gasteiger partial charge in [-0.3, -0.25) is 4.79 Å². The summed E-state index contributed by atoms with van der Waals surface area (Å²) in [6.45, 7) is 11.7. The number of rotatable bonds is 5. The van der Waals surface area contributed by atoms with Crippen LogP contribution in [-0.2, 0) is 20.9 Å². The van der Waals surface area contributed by atoms with Crippen LogP contribution in [0.15, 0.2) is 48.5 Å². The van der Waals surface area contributed by atoms with Gasteiger partial charge in [-0.15, -0.1) is 0 Å². The number of benzene rings is 2. The van der Waals surface area contributed by atoms with Crippen LogP contribution in [0.2, 0.25) is 0 Å². The maximum absolute atomic E-state index is 13.6. The molecule has 0 aromatic heterocycles. The zero-order valence-electron chi connectivity index (χ0n) is 23.1. The minimum Gasteiger partial charge on any atom is -0.487 e. The number of nitrogens with one attached hydrogen (secondary N) is 1. The number of carbonyl (C=O) groups is 2. The van der Waals surface area contributed by atoms with E-state index in [0.29, 0.717) is 13.1 Å². The summed E-state index contributed by atoms with van der Waals surface area (Å²) in [4.78, 5) is 28.1. The van der Waals surface area contributed by atoms with Crippen molar-refractivity contribution in [3.05, 3.63) is 65.2 Å². The van der Waals surface area contributed by atoms with Gasteiger partial charge in [-0.25, -0.2) is 4.79 Å². The molecule has 3 aliphatic heterocycles. The number of hydrogen-bond donors (Lipinski definition) is 1.